The smallest absolute Gasteiger partial charge is 0.417 e. The fraction of sp³-hybridized carbons (Fsp3) is 0.800. The van der Waals surface area contributed by atoms with Gasteiger partial charge in [0.05, 0.1) is 18.7 Å². The highest BCUT2D eigenvalue weighted by molar-refractivity contribution is 5.91. The van der Waals surface area contributed by atoms with E-state index < -0.39 is 47.9 Å². The Morgan fingerprint density at radius 3 is 2.25 bits per heavy atom. The van der Waals surface area contributed by atoms with Crippen LogP contribution in [0.5, 0.6) is 0 Å². The third-order valence-electron chi connectivity index (χ3n) is 3.48. The number of aliphatic hydroxyl groups is 2. The van der Waals surface area contributed by atoms with Crippen LogP contribution in [0.3, 0.4) is 0 Å². The van der Waals surface area contributed by atoms with E-state index >= 15 is 0 Å². The lowest BCUT2D eigenvalue weighted by Crippen LogP contribution is -2.67. The van der Waals surface area contributed by atoms with E-state index in [0.717, 1.165) is 4.90 Å². The standard InChI is InChI=1S/C15H26N2O7/c1-8(19)17(14(22)24-15(3,4)5)11-6-16-10(7-18)13(12(11)21)23-9(2)20/h10-13,16,18,21H,6-7H2,1-5H3/t10?,11-,12+,13-/m0/s1. The van der Waals surface area contributed by atoms with Crippen LogP contribution >= 0.6 is 0 Å². The zero-order valence-electron chi connectivity index (χ0n) is 14.6. The van der Waals surface area contributed by atoms with E-state index in [1.807, 2.05) is 0 Å². The normalized spacial score (nSPS) is 27.3. The molecule has 1 rings (SSSR count). The number of carbonyl (C=O) groups excluding carboxylic acids is 3. The van der Waals surface area contributed by atoms with Gasteiger partial charge in [-0.05, 0) is 20.8 Å². The number of piperidine rings is 1. The molecule has 9 heteroatoms. The molecule has 24 heavy (non-hydrogen) atoms. The monoisotopic (exact) mass is 346 g/mol. The predicted octanol–water partition coefficient (Wildman–Crippen LogP) is -0.605. The number of hydrogen-bond acceptors (Lipinski definition) is 8. The Bertz CT molecular complexity index is 489. The summed E-state index contributed by atoms with van der Waals surface area (Å²) in [4.78, 5) is 36.3. The molecule has 0 spiro atoms. The maximum absolute atomic E-state index is 12.3. The van der Waals surface area contributed by atoms with Crippen molar-refractivity contribution in [1.82, 2.24) is 10.2 Å². The molecule has 1 saturated heterocycles. The van der Waals surface area contributed by atoms with Gasteiger partial charge in [-0.15, -0.1) is 0 Å². The fourth-order valence-electron chi connectivity index (χ4n) is 2.53. The highest BCUT2D eigenvalue weighted by atomic mass is 16.6. The molecule has 4 atom stereocenters. The summed E-state index contributed by atoms with van der Waals surface area (Å²) in [6.45, 7) is 6.96. The average molecular weight is 346 g/mol. The van der Waals surface area contributed by atoms with Crippen LogP contribution in [0.2, 0.25) is 0 Å². The number of amides is 2. The Kier molecular flexibility index (Phi) is 6.70. The number of rotatable bonds is 3. The summed E-state index contributed by atoms with van der Waals surface area (Å²) in [6, 6.07) is -1.70. The molecule has 1 fully saturated rings. The van der Waals surface area contributed by atoms with Crippen LogP contribution in [0.1, 0.15) is 34.6 Å². The lowest BCUT2D eigenvalue weighted by Gasteiger charge is -2.43. The van der Waals surface area contributed by atoms with E-state index in [9.17, 15) is 24.6 Å². The van der Waals surface area contributed by atoms with Crippen LogP contribution in [0, 0.1) is 0 Å². The zero-order chi connectivity index (χ0) is 18.7. The van der Waals surface area contributed by atoms with Gasteiger partial charge in [0.1, 0.15) is 17.8 Å². The minimum atomic E-state index is -1.36. The topological polar surface area (TPSA) is 125 Å². The highest BCUT2D eigenvalue weighted by Crippen LogP contribution is 2.21. The van der Waals surface area contributed by atoms with Gasteiger partial charge < -0.3 is 25.0 Å². The van der Waals surface area contributed by atoms with Gasteiger partial charge in [0, 0.05) is 20.4 Å². The molecular formula is C15H26N2O7. The molecule has 138 valence electrons. The summed E-state index contributed by atoms with van der Waals surface area (Å²) >= 11 is 0. The average Bonchev–Trinajstić information content (AvgIpc) is 2.40. The van der Waals surface area contributed by atoms with E-state index in [0.29, 0.717) is 0 Å². The first-order valence-electron chi connectivity index (χ1n) is 7.70. The Labute approximate surface area is 140 Å². The number of aliphatic hydroxyl groups excluding tert-OH is 2. The van der Waals surface area contributed by atoms with Crippen molar-refractivity contribution in [2.75, 3.05) is 13.2 Å². The van der Waals surface area contributed by atoms with Gasteiger partial charge in [-0.2, -0.15) is 0 Å². The highest BCUT2D eigenvalue weighted by Gasteiger charge is 2.46. The second-order valence-electron chi connectivity index (χ2n) is 6.70. The van der Waals surface area contributed by atoms with Crippen molar-refractivity contribution >= 4 is 18.0 Å². The first-order valence-corrected chi connectivity index (χ1v) is 7.70. The second kappa shape index (κ2) is 7.91. The molecule has 1 unspecified atom stereocenters. The largest absolute Gasteiger partial charge is 0.458 e. The molecule has 2 amide bonds. The molecule has 1 aliphatic heterocycles. The Balaban J connectivity index is 3.04. The van der Waals surface area contributed by atoms with Crippen molar-refractivity contribution in [3.63, 3.8) is 0 Å². The molecule has 0 saturated carbocycles. The van der Waals surface area contributed by atoms with Crippen LogP contribution < -0.4 is 5.32 Å². The van der Waals surface area contributed by atoms with Crippen molar-refractivity contribution in [1.29, 1.82) is 0 Å². The van der Waals surface area contributed by atoms with Gasteiger partial charge in [-0.3, -0.25) is 9.59 Å². The fourth-order valence-corrected chi connectivity index (χ4v) is 2.53. The third-order valence-corrected chi connectivity index (χ3v) is 3.48. The molecule has 3 N–H and O–H groups in total. The first-order chi connectivity index (χ1) is 11.0. The lowest BCUT2D eigenvalue weighted by atomic mass is 9.93. The number of nitrogens with one attached hydrogen (secondary N) is 1. The molecule has 1 heterocycles. The quantitative estimate of drug-likeness (QED) is 0.578. The van der Waals surface area contributed by atoms with Crippen molar-refractivity contribution in [3.8, 4) is 0 Å². The molecule has 1 aliphatic rings. The molecule has 0 aliphatic carbocycles. The first kappa shape index (κ1) is 20.3. The molecule has 0 aromatic heterocycles. The van der Waals surface area contributed by atoms with E-state index in [-0.39, 0.29) is 13.2 Å². The Morgan fingerprint density at radius 1 is 1.25 bits per heavy atom. The van der Waals surface area contributed by atoms with Gasteiger partial charge >= 0.3 is 12.1 Å². The lowest BCUT2D eigenvalue weighted by molar-refractivity contribution is -0.164. The molecule has 0 radical (unpaired) electrons. The number of imide groups is 1. The third kappa shape index (κ3) is 5.15. The number of nitrogens with zero attached hydrogens (tertiary/aromatic N) is 1. The molecule has 9 nitrogen and oxygen atoms in total. The number of esters is 1. The minimum Gasteiger partial charge on any atom is -0.458 e. The summed E-state index contributed by atoms with van der Waals surface area (Å²) in [6.07, 6.45) is -3.36. The molecule has 0 aromatic carbocycles. The summed E-state index contributed by atoms with van der Waals surface area (Å²) < 4.78 is 10.2. The van der Waals surface area contributed by atoms with E-state index in [1.165, 1.54) is 13.8 Å². The van der Waals surface area contributed by atoms with Crippen LogP contribution in [0.4, 0.5) is 4.79 Å². The molecular weight excluding hydrogens is 320 g/mol. The molecule has 0 bridgehead atoms. The van der Waals surface area contributed by atoms with E-state index in [2.05, 4.69) is 5.32 Å². The second-order valence-corrected chi connectivity index (χ2v) is 6.70. The van der Waals surface area contributed by atoms with Gasteiger partial charge in [0.25, 0.3) is 0 Å². The predicted molar refractivity (Wildman–Crippen MR) is 83.0 cm³/mol. The van der Waals surface area contributed by atoms with Crippen LogP contribution in [0.15, 0.2) is 0 Å². The van der Waals surface area contributed by atoms with Crippen LogP contribution in [0.25, 0.3) is 0 Å². The summed E-state index contributed by atoms with van der Waals surface area (Å²) in [7, 11) is 0. The van der Waals surface area contributed by atoms with Crippen molar-refractivity contribution in [2.24, 2.45) is 0 Å². The van der Waals surface area contributed by atoms with Crippen LogP contribution in [-0.4, -0.2) is 76.1 Å². The number of hydrogen-bond donors (Lipinski definition) is 3. The van der Waals surface area contributed by atoms with E-state index in [1.54, 1.807) is 20.8 Å². The Morgan fingerprint density at radius 2 is 1.83 bits per heavy atom. The maximum atomic E-state index is 12.3. The molecule has 0 aromatic rings. The SMILES string of the molecule is CC(=O)O[C@H]1C(CO)NC[C@H](N(C(C)=O)C(=O)OC(C)(C)C)[C@H]1O. The van der Waals surface area contributed by atoms with Crippen molar-refractivity contribution in [3.05, 3.63) is 0 Å². The van der Waals surface area contributed by atoms with Gasteiger partial charge in [0.2, 0.25) is 5.91 Å². The zero-order valence-corrected chi connectivity index (χ0v) is 14.6. The van der Waals surface area contributed by atoms with Crippen molar-refractivity contribution < 1.29 is 34.1 Å². The van der Waals surface area contributed by atoms with Gasteiger partial charge in [-0.25, -0.2) is 9.69 Å². The van der Waals surface area contributed by atoms with Gasteiger partial charge in [0.15, 0.2) is 0 Å². The summed E-state index contributed by atoms with van der Waals surface area (Å²) in [5, 5.41) is 22.7. The summed E-state index contributed by atoms with van der Waals surface area (Å²) in [5.41, 5.74) is -0.819. The number of carbonyl (C=O) groups is 3. The Hall–Kier alpha value is -1.71. The summed E-state index contributed by atoms with van der Waals surface area (Å²) in [5.74, 6) is -1.26. The van der Waals surface area contributed by atoms with E-state index in [4.69, 9.17) is 9.47 Å². The van der Waals surface area contributed by atoms with Crippen LogP contribution in [-0.2, 0) is 19.1 Å². The van der Waals surface area contributed by atoms with Gasteiger partial charge in [-0.1, -0.05) is 0 Å². The maximum Gasteiger partial charge on any atom is 0.417 e. The number of ether oxygens (including phenoxy) is 2. The minimum absolute atomic E-state index is 0.0307. The van der Waals surface area contributed by atoms with Crippen molar-refractivity contribution in [2.45, 2.75) is 64.5 Å².